The Morgan fingerprint density at radius 3 is 2.59 bits per heavy atom. The summed E-state index contributed by atoms with van der Waals surface area (Å²) in [6.45, 7) is 5.91. The van der Waals surface area contributed by atoms with Gasteiger partial charge in [0.1, 0.15) is 0 Å². The number of nitrogens with zero attached hydrogens (tertiary/aromatic N) is 3. The quantitative estimate of drug-likeness (QED) is 0.640. The summed E-state index contributed by atoms with van der Waals surface area (Å²) in [6.07, 6.45) is 0.209. The van der Waals surface area contributed by atoms with E-state index in [0.717, 1.165) is 0 Å². The maximum atomic E-state index is 11.4. The second-order valence-corrected chi connectivity index (χ2v) is 4.54. The van der Waals surface area contributed by atoms with Gasteiger partial charge in [-0.25, -0.2) is 0 Å². The molecule has 94 valence electrons. The number of aromatic amines is 1. The zero-order valence-corrected chi connectivity index (χ0v) is 10.1. The van der Waals surface area contributed by atoms with Crippen molar-refractivity contribution >= 4 is 11.8 Å². The molecule has 1 aromatic rings. The number of aromatic nitrogens is 4. The molecule has 3 N–H and O–H groups in total. The molecule has 0 saturated carbocycles. The molecule has 0 aliphatic rings. The van der Waals surface area contributed by atoms with Crippen LogP contribution in [0.1, 0.15) is 37.8 Å². The average Bonchev–Trinajstić information content (AvgIpc) is 2.66. The Labute approximate surface area is 98.5 Å². The smallest absolute Gasteiger partial charge is 0.292 e. The normalized spacial score (nSPS) is 11.0. The molecule has 0 spiro atoms. The molecule has 8 nitrogen and oxygen atoms in total. The predicted molar refractivity (Wildman–Crippen MR) is 59.0 cm³/mol. The number of amides is 2. The molecule has 0 fully saturated rings. The molecule has 0 bridgehead atoms. The third kappa shape index (κ3) is 5.05. The number of hydrogen-bond acceptors (Lipinski definition) is 5. The zero-order chi connectivity index (χ0) is 12.9. The summed E-state index contributed by atoms with van der Waals surface area (Å²) in [5.41, 5.74) is -0.269. The van der Waals surface area contributed by atoms with E-state index in [1.54, 1.807) is 0 Å². The molecule has 0 aromatic carbocycles. The van der Waals surface area contributed by atoms with Crippen LogP contribution >= 0.6 is 0 Å². The van der Waals surface area contributed by atoms with E-state index >= 15 is 0 Å². The molecule has 0 aliphatic carbocycles. The summed E-state index contributed by atoms with van der Waals surface area (Å²) in [4.78, 5) is 22.8. The summed E-state index contributed by atoms with van der Waals surface area (Å²) in [6, 6.07) is 0. The lowest BCUT2D eigenvalue weighted by molar-refractivity contribution is -0.122. The largest absolute Gasteiger partial charge is 0.351 e. The minimum Gasteiger partial charge on any atom is -0.351 e. The fourth-order valence-electron chi connectivity index (χ4n) is 1.11. The molecular formula is C9H16N6O2. The monoisotopic (exact) mass is 240 g/mol. The molecule has 2 amide bonds. The van der Waals surface area contributed by atoms with Crippen molar-refractivity contribution in [2.75, 3.05) is 6.54 Å². The van der Waals surface area contributed by atoms with Gasteiger partial charge in [0.05, 0.1) is 0 Å². The van der Waals surface area contributed by atoms with Crippen LogP contribution in [0.2, 0.25) is 0 Å². The van der Waals surface area contributed by atoms with Gasteiger partial charge in [-0.2, -0.15) is 5.21 Å². The second kappa shape index (κ2) is 5.37. The van der Waals surface area contributed by atoms with Crippen molar-refractivity contribution < 1.29 is 9.59 Å². The van der Waals surface area contributed by atoms with Gasteiger partial charge in [0.25, 0.3) is 11.7 Å². The molecule has 1 heterocycles. The lowest BCUT2D eigenvalue weighted by Crippen LogP contribution is -2.42. The van der Waals surface area contributed by atoms with Gasteiger partial charge in [-0.3, -0.25) is 9.59 Å². The lowest BCUT2D eigenvalue weighted by Gasteiger charge is -2.20. The molecule has 0 unspecified atom stereocenters. The molecular weight excluding hydrogens is 224 g/mol. The van der Waals surface area contributed by atoms with Crippen molar-refractivity contribution in [3.8, 4) is 0 Å². The minimum atomic E-state index is -0.456. The van der Waals surface area contributed by atoms with Gasteiger partial charge in [0, 0.05) is 18.5 Å². The van der Waals surface area contributed by atoms with Crippen LogP contribution in [0.4, 0.5) is 0 Å². The Morgan fingerprint density at radius 1 is 1.35 bits per heavy atom. The first-order valence-corrected chi connectivity index (χ1v) is 5.21. The first-order valence-electron chi connectivity index (χ1n) is 5.21. The molecule has 8 heteroatoms. The van der Waals surface area contributed by atoms with Crippen LogP contribution in [-0.2, 0) is 4.79 Å². The van der Waals surface area contributed by atoms with Gasteiger partial charge in [-0.1, -0.05) is 0 Å². The van der Waals surface area contributed by atoms with E-state index in [2.05, 4.69) is 31.3 Å². The van der Waals surface area contributed by atoms with Gasteiger partial charge in [0.2, 0.25) is 5.91 Å². The van der Waals surface area contributed by atoms with Crippen molar-refractivity contribution in [3.05, 3.63) is 5.82 Å². The van der Waals surface area contributed by atoms with Crippen LogP contribution in [-0.4, -0.2) is 44.5 Å². The van der Waals surface area contributed by atoms with Crippen molar-refractivity contribution in [1.29, 1.82) is 0 Å². The number of rotatable bonds is 4. The van der Waals surface area contributed by atoms with Gasteiger partial charge >= 0.3 is 0 Å². The molecule has 0 radical (unpaired) electrons. The average molecular weight is 240 g/mol. The zero-order valence-electron chi connectivity index (χ0n) is 10.1. The Kier molecular flexibility index (Phi) is 4.13. The van der Waals surface area contributed by atoms with Gasteiger partial charge in [0.15, 0.2) is 0 Å². The first-order chi connectivity index (χ1) is 7.88. The van der Waals surface area contributed by atoms with Crippen LogP contribution in [0, 0.1) is 0 Å². The second-order valence-electron chi connectivity index (χ2n) is 4.54. The maximum Gasteiger partial charge on any atom is 0.292 e. The Balaban J connectivity index is 2.24. The van der Waals surface area contributed by atoms with Gasteiger partial charge < -0.3 is 10.6 Å². The van der Waals surface area contributed by atoms with Gasteiger partial charge in [-0.05, 0) is 26.0 Å². The maximum absolute atomic E-state index is 11.4. The number of carbonyl (C=O) groups excluding carboxylic acids is 2. The minimum absolute atomic E-state index is 0.0405. The van der Waals surface area contributed by atoms with Crippen molar-refractivity contribution in [3.63, 3.8) is 0 Å². The Morgan fingerprint density at radius 2 is 2.06 bits per heavy atom. The predicted octanol–water partition coefficient (Wildman–Crippen LogP) is -0.766. The molecule has 1 rings (SSSR count). The number of H-pyrrole nitrogens is 1. The topological polar surface area (TPSA) is 113 Å². The number of tetrazole rings is 1. The summed E-state index contributed by atoms with van der Waals surface area (Å²) in [5.74, 6) is -0.616. The summed E-state index contributed by atoms with van der Waals surface area (Å²) < 4.78 is 0. The number of nitrogens with one attached hydrogen (secondary N) is 3. The lowest BCUT2D eigenvalue weighted by atomic mass is 10.1. The standard InChI is InChI=1S/C9H16N6O2/c1-9(2,3)11-6(16)4-5-10-8(17)7-12-14-15-13-7/h4-5H2,1-3H3,(H,10,17)(H,11,16)(H,12,13,14,15). The first kappa shape index (κ1) is 13.1. The SMILES string of the molecule is CC(C)(C)NC(=O)CCNC(=O)c1nn[nH]n1. The highest BCUT2D eigenvalue weighted by Gasteiger charge is 2.14. The fraction of sp³-hybridized carbons (Fsp3) is 0.667. The highest BCUT2D eigenvalue weighted by molar-refractivity contribution is 5.90. The molecule has 1 aromatic heterocycles. The fourth-order valence-corrected chi connectivity index (χ4v) is 1.11. The summed E-state index contributed by atoms with van der Waals surface area (Å²) in [5, 5.41) is 17.8. The van der Waals surface area contributed by atoms with Crippen LogP contribution in [0.25, 0.3) is 0 Å². The van der Waals surface area contributed by atoms with E-state index < -0.39 is 5.91 Å². The van der Waals surface area contributed by atoms with Crippen LogP contribution in [0.15, 0.2) is 0 Å². The van der Waals surface area contributed by atoms with E-state index in [1.807, 2.05) is 20.8 Å². The number of carbonyl (C=O) groups is 2. The van der Waals surface area contributed by atoms with E-state index in [4.69, 9.17) is 0 Å². The molecule has 0 saturated heterocycles. The number of hydrogen-bond donors (Lipinski definition) is 3. The summed E-state index contributed by atoms with van der Waals surface area (Å²) in [7, 11) is 0. The highest BCUT2D eigenvalue weighted by Crippen LogP contribution is 1.98. The van der Waals surface area contributed by atoms with Crippen LogP contribution < -0.4 is 10.6 Å². The highest BCUT2D eigenvalue weighted by atomic mass is 16.2. The van der Waals surface area contributed by atoms with E-state index in [9.17, 15) is 9.59 Å². The third-order valence-corrected chi connectivity index (χ3v) is 1.70. The van der Waals surface area contributed by atoms with E-state index in [-0.39, 0.29) is 30.2 Å². The summed E-state index contributed by atoms with van der Waals surface area (Å²) >= 11 is 0. The van der Waals surface area contributed by atoms with Gasteiger partial charge in [-0.15, -0.1) is 10.2 Å². The van der Waals surface area contributed by atoms with Crippen LogP contribution in [0.3, 0.4) is 0 Å². The molecule has 17 heavy (non-hydrogen) atoms. The van der Waals surface area contributed by atoms with Crippen molar-refractivity contribution in [2.45, 2.75) is 32.7 Å². The van der Waals surface area contributed by atoms with Crippen molar-refractivity contribution in [2.24, 2.45) is 0 Å². The van der Waals surface area contributed by atoms with Crippen LogP contribution in [0.5, 0.6) is 0 Å². The van der Waals surface area contributed by atoms with E-state index in [0.29, 0.717) is 0 Å². The van der Waals surface area contributed by atoms with Crippen molar-refractivity contribution in [1.82, 2.24) is 31.3 Å². The van der Waals surface area contributed by atoms with E-state index in [1.165, 1.54) is 0 Å². The molecule has 0 atom stereocenters. The Bertz CT molecular complexity index is 381. The third-order valence-electron chi connectivity index (χ3n) is 1.70. The Hall–Kier alpha value is -1.99. The molecule has 0 aliphatic heterocycles.